The number of rotatable bonds is 16. The molecule has 4 nitrogen and oxygen atoms in total. The molecule has 0 saturated carbocycles. The van der Waals surface area contributed by atoms with Gasteiger partial charge in [-0.15, -0.1) is 0 Å². The fraction of sp³-hybridized carbons (Fsp3) is 0.905. The van der Waals surface area contributed by atoms with E-state index in [1.165, 1.54) is 44.9 Å². The number of esters is 1. The highest BCUT2D eigenvalue weighted by molar-refractivity contribution is 6.32. The Labute approximate surface area is 155 Å². The molecule has 25 heavy (non-hydrogen) atoms. The van der Waals surface area contributed by atoms with Crippen molar-refractivity contribution in [3.05, 3.63) is 0 Å². The molecule has 1 amide bonds. The predicted molar refractivity (Wildman–Crippen MR) is 105 cm³/mol. The molecule has 0 spiro atoms. The first kappa shape index (κ1) is 23.9. The summed E-state index contributed by atoms with van der Waals surface area (Å²) in [4.78, 5) is 26.1. The van der Waals surface area contributed by atoms with Crippen molar-refractivity contribution in [1.82, 2.24) is 4.90 Å². The van der Waals surface area contributed by atoms with Crippen LogP contribution in [0.2, 0.25) is 0 Å². The van der Waals surface area contributed by atoms with E-state index in [9.17, 15) is 9.59 Å². The van der Waals surface area contributed by atoms with Crippen LogP contribution < -0.4 is 0 Å². The maximum atomic E-state index is 12.4. The van der Waals surface area contributed by atoms with Crippen LogP contribution in [-0.4, -0.2) is 36.5 Å². The van der Waals surface area contributed by atoms with Crippen molar-refractivity contribution in [1.29, 1.82) is 0 Å². The van der Waals surface area contributed by atoms with Gasteiger partial charge in [0.15, 0.2) is 0 Å². The Hall–Kier alpha value is -1.06. The topological polar surface area (TPSA) is 46.6 Å². The Bertz CT molecular complexity index is 319. The summed E-state index contributed by atoms with van der Waals surface area (Å²) >= 11 is 0. The molecular weight excluding hydrogens is 314 g/mol. The van der Waals surface area contributed by atoms with Crippen molar-refractivity contribution in [2.45, 2.75) is 104 Å². The van der Waals surface area contributed by atoms with Gasteiger partial charge in [0, 0.05) is 13.1 Å². The van der Waals surface area contributed by atoms with E-state index in [0.717, 1.165) is 38.5 Å². The number of carbonyl (C=O) groups excluding carboxylic acids is 2. The number of unbranched alkanes of at least 4 members (excludes halogenated alkanes) is 10. The standard InChI is InChI=1S/C21H41NO3/c1-4-7-10-13-16-19-25-21(24)20(23)22(17-14-11-8-5-2)18-15-12-9-6-3/h4-19H2,1-3H3. The van der Waals surface area contributed by atoms with Gasteiger partial charge in [-0.2, -0.15) is 0 Å². The number of nitrogens with zero attached hydrogens (tertiary/aromatic N) is 1. The molecule has 0 fully saturated rings. The molecule has 0 N–H and O–H groups in total. The van der Waals surface area contributed by atoms with Gasteiger partial charge < -0.3 is 9.64 Å². The quantitative estimate of drug-likeness (QED) is 0.209. The van der Waals surface area contributed by atoms with Crippen LogP contribution in [0.3, 0.4) is 0 Å². The minimum Gasteiger partial charge on any atom is -0.459 e. The molecule has 0 aromatic carbocycles. The highest BCUT2D eigenvalue weighted by Crippen LogP contribution is 2.07. The summed E-state index contributed by atoms with van der Waals surface area (Å²) in [5.41, 5.74) is 0. The van der Waals surface area contributed by atoms with Crippen molar-refractivity contribution in [2.24, 2.45) is 0 Å². The van der Waals surface area contributed by atoms with Crippen molar-refractivity contribution < 1.29 is 14.3 Å². The molecule has 0 aliphatic rings. The van der Waals surface area contributed by atoms with E-state index in [1.807, 2.05) is 0 Å². The van der Waals surface area contributed by atoms with E-state index in [0.29, 0.717) is 19.7 Å². The Morgan fingerprint density at radius 1 is 0.640 bits per heavy atom. The molecule has 0 aliphatic carbocycles. The smallest absolute Gasteiger partial charge is 0.397 e. The monoisotopic (exact) mass is 355 g/mol. The molecule has 0 saturated heterocycles. The maximum Gasteiger partial charge on any atom is 0.397 e. The first-order valence-corrected chi connectivity index (χ1v) is 10.6. The summed E-state index contributed by atoms with van der Waals surface area (Å²) in [7, 11) is 0. The van der Waals surface area contributed by atoms with Crippen LogP contribution in [0, 0.1) is 0 Å². The molecule has 0 aromatic rings. The molecule has 148 valence electrons. The van der Waals surface area contributed by atoms with Crippen molar-refractivity contribution in [3.8, 4) is 0 Å². The van der Waals surface area contributed by atoms with Gasteiger partial charge in [0.05, 0.1) is 6.61 Å². The second kappa shape index (κ2) is 17.8. The van der Waals surface area contributed by atoms with Gasteiger partial charge in [-0.3, -0.25) is 4.79 Å². The minimum atomic E-state index is -0.665. The molecule has 0 heterocycles. The third kappa shape index (κ3) is 13.9. The normalized spacial score (nSPS) is 10.7. The summed E-state index contributed by atoms with van der Waals surface area (Å²) < 4.78 is 5.19. The van der Waals surface area contributed by atoms with Crippen LogP contribution in [0.5, 0.6) is 0 Å². The Kier molecular flexibility index (Phi) is 17.0. The summed E-state index contributed by atoms with van der Waals surface area (Å²) in [6, 6.07) is 0. The lowest BCUT2D eigenvalue weighted by Gasteiger charge is -2.21. The predicted octanol–water partition coefficient (Wildman–Crippen LogP) is 5.49. The molecule has 4 heteroatoms. The average Bonchev–Trinajstić information content (AvgIpc) is 2.62. The zero-order chi connectivity index (χ0) is 18.8. The molecule has 0 aromatic heterocycles. The second-order valence-electron chi connectivity index (χ2n) is 6.96. The van der Waals surface area contributed by atoms with Crippen LogP contribution in [0.1, 0.15) is 104 Å². The van der Waals surface area contributed by atoms with Gasteiger partial charge in [-0.05, 0) is 19.3 Å². The van der Waals surface area contributed by atoms with Gasteiger partial charge in [-0.25, -0.2) is 4.79 Å². The van der Waals surface area contributed by atoms with Crippen LogP contribution in [0.4, 0.5) is 0 Å². The molecule has 0 bridgehead atoms. The van der Waals surface area contributed by atoms with Crippen LogP contribution in [0.25, 0.3) is 0 Å². The summed E-state index contributed by atoms with van der Waals surface area (Å²) in [5, 5.41) is 0. The third-order valence-corrected chi connectivity index (χ3v) is 4.51. The van der Waals surface area contributed by atoms with Crippen molar-refractivity contribution in [2.75, 3.05) is 19.7 Å². The molecule has 0 radical (unpaired) electrons. The van der Waals surface area contributed by atoms with E-state index in [-0.39, 0.29) is 0 Å². The SMILES string of the molecule is CCCCCCCOC(=O)C(=O)N(CCCCCC)CCCCCC. The summed E-state index contributed by atoms with van der Waals surface area (Å²) in [6.07, 6.45) is 14.4. The van der Waals surface area contributed by atoms with Gasteiger partial charge in [0.25, 0.3) is 0 Å². The largest absolute Gasteiger partial charge is 0.459 e. The van der Waals surface area contributed by atoms with E-state index >= 15 is 0 Å². The average molecular weight is 356 g/mol. The maximum absolute atomic E-state index is 12.4. The minimum absolute atomic E-state index is 0.369. The van der Waals surface area contributed by atoms with E-state index in [4.69, 9.17) is 4.74 Å². The van der Waals surface area contributed by atoms with Gasteiger partial charge in [0.1, 0.15) is 0 Å². The van der Waals surface area contributed by atoms with Crippen molar-refractivity contribution in [3.63, 3.8) is 0 Å². The summed E-state index contributed by atoms with van der Waals surface area (Å²) in [5.74, 6) is -1.11. The number of hydrogen-bond acceptors (Lipinski definition) is 3. The zero-order valence-corrected chi connectivity index (χ0v) is 17.0. The number of amides is 1. The molecule has 0 atom stereocenters. The second-order valence-corrected chi connectivity index (χ2v) is 6.96. The van der Waals surface area contributed by atoms with Crippen LogP contribution in [0.15, 0.2) is 0 Å². The van der Waals surface area contributed by atoms with Crippen LogP contribution >= 0.6 is 0 Å². The van der Waals surface area contributed by atoms with E-state index < -0.39 is 11.9 Å². The Morgan fingerprint density at radius 2 is 1.08 bits per heavy atom. The number of ether oxygens (including phenoxy) is 1. The molecule has 0 rings (SSSR count). The van der Waals surface area contributed by atoms with Crippen LogP contribution in [-0.2, 0) is 14.3 Å². The van der Waals surface area contributed by atoms with Gasteiger partial charge in [-0.1, -0.05) is 85.0 Å². The number of hydrogen-bond donors (Lipinski definition) is 0. The molecular formula is C21H41NO3. The zero-order valence-electron chi connectivity index (χ0n) is 17.0. The first-order chi connectivity index (χ1) is 12.2. The first-order valence-electron chi connectivity index (χ1n) is 10.6. The fourth-order valence-electron chi connectivity index (χ4n) is 2.84. The van der Waals surface area contributed by atoms with Crippen molar-refractivity contribution >= 4 is 11.9 Å². The Balaban J connectivity index is 4.18. The number of carbonyl (C=O) groups is 2. The van der Waals surface area contributed by atoms with Gasteiger partial charge in [0.2, 0.25) is 0 Å². The highest BCUT2D eigenvalue weighted by Gasteiger charge is 2.22. The van der Waals surface area contributed by atoms with E-state index in [2.05, 4.69) is 20.8 Å². The fourth-order valence-corrected chi connectivity index (χ4v) is 2.84. The van der Waals surface area contributed by atoms with E-state index in [1.54, 1.807) is 4.90 Å². The highest BCUT2D eigenvalue weighted by atomic mass is 16.5. The molecule has 0 unspecified atom stereocenters. The van der Waals surface area contributed by atoms with Gasteiger partial charge >= 0.3 is 11.9 Å². The lowest BCUT2D eigenvalue weighted by molar-refractivity contribution is -0.160. The lowest BCUT2D eigenvalue weighted by Crippen LogP contribution is -2.39. The summed E-state index contributed by atoms with van der Waals surface area (Å²) in [6.45, 7) is 8.24. The lowest BCUT2D eigenvalue weighted by atomic mass is 10.1. The third-order valence-electron chi connectivity index (χ3n) is 4.51. The molecule has 0 aliphatic heterocycles. The Morgan fingerprint density at radius 3 is 1.56 bits per heavy atom.